The van der Waals surface area contributed by atoms with Crippen molar-refractivity contribution in [1.29, 1.82) is 0 Å². The van der Waals surface area contributed by atoms with Gasteiger partial charge in [-0.05, 0) is 39.5 Å². The maximum atomic E-state index is 3.45. The molecule has 2 unspecified atom stereocenters. The minimum absolute atomic E-state index is 0.399. The first-order chi connectivity index (χ1) is 8.13. The van der Waals surface area contributed by atoms with Crippen molar-refractivity contribution in [3.8, 4) is 0 Å². The van der Waals surface area contributed by atoms with Crippen molar-refractivity contribution < 1.29 is 0 Å². The third kappa shape index (κ3) is 3.55. The summed E-state index contributed by atoms with van der Waals surface area (Å²) in [5, 5.41) is 3.45. The monoisotopic (exact) mass is 234 g/mol. The Morgan fingerprint density at radius 3 is 2.06 bits per heavy atom. The summed E-state index contributed by atoms with van der Waals surface area (Å²) < 4.78 is 0. The van der Waals surface area contributed by atoms with E-state index in [1.54, 1.807) is 0 Å². The number of likely N-dealkylation sites (N-methyl/N-ethyl adjacent to an activating group) is 2. The number of nitrogens with zero attached hydrogens (tertiary/aromatic N) is 1. The third-order valence-corrected chi connectivity index (χ3v) is 3.62. The molecule has 0 aliphatic heterocycles. The van der Waals surface area contributed by atoms with Crippen LogP contribution < -0.4 is 5.32 Å². The van der Waals surface area contributed by atoms with E-state index < -0.39 is 0 Å². The van der Waals surface area contributed by atoms with Gasteiger partial charge in [0.15, 0.2) is 0 Å². The van der Waals surface area contributed by atoms with Crippen LogP contribution in [-0.2, 0) is 0 Å². The van der Waals surface area contributed by atoms with Crippen LogP contribution in [0.5, 0.6) is 0 Å². The van der Waals surface area contributed by atoms with Crippen LogP contribution in [0.1, 0.15) is 37.9 Å². The molecule has 0 saturated heterocycles. The lowest BCUT2D eigenvalue weighted by Gasteiger charge is -2.33. The Balaban J connectivity index is 2.86. The van der Waals surface area contributed by atoms with Gasteiger partial charge in [0.25, 0.3) is 0 Å². The van der Waals surface area contributed by atoms with Gasteiger partial charge in [-0.25, -0.2) is 0 Å². The number of benzene rings is 1. The molecule has 1 rings (SSSR count). The Kier molecular flexibility index (Phi) is 5.66. The van der Waals surface area contributed by atoms with Gasteiger partial charge in [0.2, 0.25) is 0 Å². The Morgan fingerprint density at radius 1 is 1.12 bits per heavy atom. The van der Waals surface area contributed by atoms with Gasteiger partial charge in [-0.1, -0.05) is 43.7 Å². The SMILES string of the molecule is CCN(CC)C(C)C(NC)c1ccc(C)cc1. The van der Waals surface area contributed by atoms with Crippen molar-refractivity contribution in [3.63, 3.8) is 0 Å². The number of hydrogen-bond donors (Lipinski definition) is 1. The molecule has 2 nitrogen and oxygen atoms in total. The Hall–Kier alpha value is -0.860. The quantitative estimate of drug-likeness (QED) is 0.814. The van der Waals surface area contributed by atoms with Gasteiger partial charge in [0.1, 0.15) is 0 Å². The minimum Gasteiger partial charge on any atom is -0.312 e. The second-order valence-corrected chi connectivity index (χ2v) is 4.64. The van der Waals surface area contributed by atoms with Crippen molar-refractivity contribution in [1.82, 2.24) is 10.2 Å². The summed E-state index contributed by atoms with van der Waals surface area (Å²) in [7, 11) is 2.05. The maximum absolute atomic E-state index is 3.45. The molecule has 17 heavy (non-hydrogen) atoms. The second-order valence-electron chi connectivity index (χ2n) is 4.64. The first kappa shape index (κ1) is 14.2. The van der Waals surface area contributed by atoms with Crippen molar-refractivity contribution in [2.75, 3.05) is 20.1 Å². The summed E-state index contributed by atoms with van der Waals surface area (Å²) in [6.07, 6.45) is 0. The van der Waals surface area contributed by atoms with Crippen LogP contribution in [0.15, 0.2) is 24.3 Å². The average Bonchev–Trinajstić information content (AvgIpc) is 2.34. The molecule has 0 heterocycles. The van der Waals surface area contributed by atoms with Crippen LogP contribution in [0, 0.1) is 6.92 Å². The second kappa shape index (κ2) is 6.77. The molecule has 0 bridgehead atoms. The van der Waals surface area contributed by atoms with E-state index in [0.29, 0.717) is 12.1 Å². The summed E-state index contributed by atoms with van der Waals surface area (Å²) in [5.74, 6) is 0. The molecular formula is C15H26N2. The van der Waals surface area contributed by atoms with E-state index >= 15 is 0 Å². The Morgan fingerprint density at radius 2 is 1.65 bits per heavy atom. The lowest BCUT2D eigenvalue weighted by Crippen LogP contribution is -2.41. The molecule has 1 N–H and O–H groups in total. The standard InChI is InChI=1S/C15H26N2/c1-6-17(7-2)13(4)15(16-5)14-10-8-12(3)9-11-14/h8-11,13,15-16H,6-7H2,1-5H3. The zero-order chi connectivity index (χ0) is 12.8. The lowest BCUT2D eigenvalue weighted by molar-refractivity contribution is 0.190. The highest BCUT2D eigenvalue weighted by Gasteiger charge is 2.21. The van der Waals surface area contributed by atoms with E-state index in [1.165, 1.54) is 11.1 Å². The molecule has 0 saturated carbocycles. The summed E-state index contributed by atoms with van der Waals surface area (Å²) >= 11 is 0. The fraction of sp³-hybridized carbons (Fsp3) is 0.600. The first-order valence-electron chi connectivity index (χ1n) is 6.61. The molecule has 0 aliphatic rings. The smallest absolute Gasteiger partial charge is 0.0473 e. The summed E-state index contributed by atoms with van der Waals surface area (Å²) in [5.41, 5.74) is 2.69. The van der Waals surface area contributed by atoms with E-state index in [1.807, 2.05) is 7.05 Å². The highest BCUT2D eigenvalue weighted by molar-refractivity contribution is 5.25. The predicted molar refractivity (Wildman–Crippen MR) is 75.4 cm³/mol. The van der Waals surface area contributed by atoms with Gasteiger partial charge in [-0.3, -0.25) is 4.90 Å². The number of aryl methyl sites for hydroxylation is 1. The number of rotatable bonds is 6. The van der Waals surface area contributed by atoms with Gasteiger partial charge in [0.05, 0.1) is 0 Å². The van der Waals surface area contributed by atoms with Gasteiger partial charge in [-0.15, -0.1) is 0 Å². The van der Waals surface area contributed by atoms with Gasteiger partial charge >= 0.3 is 0 Å². The van der Waals surface area contributed by atoms with Crippen molar-refractivity contribution in [2.45, 2.75) is 39.8 Å². The molecule has 0 radical (unpaired) electrons. The van der Waals surface area contributed by atoms with Crippen molar-refractivity contribution in [2.24, 2.45) is 0 Å². The summed E-state index contributed by atoms with van der Waals surface area (Å²) in [6, 6.07) is 9.75. The van der Waals surface area contributed by atoms with Gasteiger partial charge in [-0.2, -0.15) is 0 Å². The van der Waals surface area contributed by atoms with Crippen LogP contribution in [-0.4, -0.2) is 31.1 Å². The highest BCUT2D eigenvalue weighted by atomic mass is 15.2. The number of hydrogen-bond acceptors (Lipinski definition) is 2. The molecule has 0 amide bonds. The van der Waals surface area contributed by atoms with Gasteiger partial charge < -0.3 is 5.32 Å². The molecule has 0 fully saturated rings. The molecule has 1 aromatic rings. The van der Waals surface area contributed by atoms with Crippen molar-refractivity contribution in [3.05, 3.63) is 35.4 Å². The van der Waals surface area contributed by atoms with Crippen LogP contribution >= 0.6 is 0 Å². The predicted octanol–water partition coefficient (Wildman–Crippen LogP) is 2.99. The van der Waals surface area contributed by atoms with Crippen LogP contribution in [0.4, 0.5) is 0 Å². The maximum Gasteiger partial charge on any atom is 0.0473 e. The highest BCUT2D eigenvalue weighted by Crippen LogP contribution is 2.20. The molecule has 96 valence electrons. The largest absolute Gasteiger partial charge is 0.312 e. The molecule has 0 aliphatic carbocycles. The average molecular weight is 234 g/mol. The molecule has 2 atom stereocenters. The van der Waals surface area contributed by atoms with Crippen LogP contribution in [0.2, 0.25) is 0 Å². The lowest BCUT2D eigenvalue weighted by atomic mass is 9.98. The Labute approximate surface area is 106 Å². The van der Waals surface area contributed by atoms with Gasteiger partial charge in [0, 0.05) is 12.1 Å². The molecule has 1 aromatic carbocycles. The zero-order valence-electron chi connectivity index (χ0n) is 11.8. The Bertz CT molecular complexity index is 314. The van der Waals surface area contributed by atoms with Crippen LogP contribution in [0.3, 0.4) is 0 Å². The van der Waals surface area contributed by atoms with Crippen molar-refractivity contribution >= 4 is 0 Å². The summed E-state index contributed by atoms with van der Waals surface area (Å²) in [6.45, 7) is 11.1. The summed E-state index contributed by atoms with van der Waals surface area (Å²) in [4.78, 5) is 2.49. The first-order valence-corrected chi connectivity index (χ1v) is 6.61. The van der Waals surface area contributed by atoms with E-state index in [9.17, 15) is 0 Å². The molecule has 2 heteroatoms. The fourth-order valence-electron chi connectivity index (χ4n) is 2.47. The molecule has 0 spiro atoms. The topological polar surface area (TPSA) is 15.3 Å². The van der Waals surface area contributed by atoms with E-state index in [4.69, 9.17) is 0 Å². The third-order valence-electron chi connectivity index (χ3n) is 3.62. The van der Waals surface area contributed by atoms with E-state index in [-0.39, 0.29) is 0 Å². The van der Waals surface area contributed by atoms with Crippen LogP contribution in [0.25, 0.3) is 0 Å². The molecular weight excluding hydrogens is 208 g/mol. The van der Waals surface area contributed by atoms with E-state index in [2.05, 4.69) is 62.2 Å². The fourth-order valence-corrected chi connectivity index (χ4v) is 2.47. The molecule has 0 aromatic heterocycles. The van der Waals surface area contributed by atoms with E-state index in [0.717, 1.165) is 13.1 Å². The number of nitrogens with one attached hydrogen (secondary N) is 1. The normalized spacial score (nSPS) is 14.9. The zero-order valence-corrected chi connectivity index (χ0v) is 11.8. The minimum atomic E-state index is 0.399.